The second-order valence-corrected chi connectivity index (χ2v) is 11.2. The van der Waals surface area contributed by atoms with E-state index in [1.165, 1.54) is 6.33 Å². The van der Waals surface area contributed by atoms with Crippen molar-refractivity contribution in [2.24, 2.45) is 0 Å². The zero-order valence-electron chi connectivity index (χ0n) is 24.9. The SMILES string of the molecule is CC(=O)O.[Li][c]1cncnc1CCc1nc(Nc2ccc(C3CCN(C(=O)OC(C)(C)C)CC3)cc2)ncc1C(F)(F)F. The van der Waals surface area contributed by atoms with Gasteiger partial charge in [0.05, 0.1) is 0 Å². The number of carboxylic acids is 1. The summed E-state index contributed by atoms with van der Waals surface area (Å²) in [5.41, 5.74) is 1.02. The van der Waals surface area contributed by atoms with E-state index in [-0.39, 0.29) is 24.2 Å². The van der Waals surface area contributed by atoms with Gasteiger partial charge in [0.15, 0.2) is 0 Å². The Bertz CT molecular complexity index is 1390. The van der Waals surface area contributed by atoms with E-state index >= 15 is 0 Å². The number of nitrogens with zero attached hydrogens (tertiary/aromatic N) is 5. The second-order valence-electron chi connectivity index (χ2n) is 11.2. The molecule has 1 amide bonds. The molecule has 1 aliphatic heterocycles. The number of carboxylic acid groups (broad SMARTS) is 1. The number of hydrogen-bond donors (Lipinski definition) is 2. The van der Waals surface area contributed by atoms with Crippen molar-refractivity contribution < 1.29 is 32.6 Å². The molecule has 0 radical (unpaired) electrons. The Morgan fingerprint density at radius 1 is 1.05 bits per heavy atom. The number of amides is 1. The molecule has 4 rings (SSSR count). The summed E-state index contributed by atoms with van der Waals surface area (Å²) >= 11 is 1.82. The topological polar surface area (TPSA) is 130 Å². The monoisotopic (exact) mass is 594 g/mol. The summed E-state index contributed by atoms with van der Waals surface area (Å²) < 4.78 is 47.1. The number of benzene rings is 1. The average molecular weight is 595 g/mol. The van der Waals surface area contributed by atoms with Crippen molar-refractivity contribution >= 4 is 45.6 Å². The standard InChI is InChI=1S/C27H30F3N6O2.C2H4O2.Li/c1-26(2,3)38-25(37)36-14-11-19(12-15-36)18-4-6-21(7-5-18)34-24-32-16-22(27(28,29)30)23(35-24)9-8-20-10-13-31-17-33-20;1-2(3)4;/h4-7,13,16-17,19H,8-9,11-12,14-15H2,1-3H3,(H,32,34,35);1H3,(H,3,4);. The third kappa shape index (κ3) is 10.8. The van der Waals surface area contributed by atoms with Gasteiger partial charge in [-0.2, -0.15) is 0 Å². The molecule has 0 aliphatic carbocycles. The van der Waals surface area contributed by atoms with Crippen molar-refractivity contribution in [1.82, 2.24) is 24.8 Å². The van der Waals surface area contributed by atoms with Gasteiger partial charge in [-0.15, -0.1) is 0 Å². The number of anilines is 2. The number of hydrogen-bond acceptors (Lipinski definition) is 8. The third-order valence-corrected chi connectivity index (χ3v) is 6.56. The molecule has 43 heavy (non-hydrogen) atoms. The summed E-state index contributed by atoms with van der Waals surface area (Å²) in [7, 11) is 0. The predicted octanol–water partition coefficient (Wildman–Crippen LogP) is 4.81. The quantitative estimate of drug-likeness (QED) is 0.386. The fourth-order valence-corrected chi connectivity index (χ4v) is 4.52. The Morgan fingerprint density at radius 2 is 1.65 bits per heavy atom. The molecule has 0 unspecified atom stereocenters. The number of aromatic nitrogens is 4. The number of likely N-dealkylation sites (tertiary alicyclic amines) is 1. The molecule has 2 aromatic heterocycles. The molecule has 0 bridgehead atoms. The van der Waals surface area contributed by atoms with Crippen LogP contribution >= 0.6 is 0 Å². The first-order valence-corrected chi connectivity index (χ1v) is 13.9. The fraction of sp³-hybridized carbons (Fsp3) is 0.448. The van der Waals surface area contributed by atoms with Crippen LogP contribution in [0, 0.1) is 0 Å². The van der Waals surface area contributed by atoms with Crippen LogP contribution in [0.2, 0.25) is 0 Å². The van der Waals surface area contributed by atoms with Gasteiger partial charge in [0, 0.05) is 20.0 Å². The van der Waals surface area contributed by atoms with Crippen LogP contribution in [0.25, 0.3) is 0 Å². The van der Waals surface area contributed by atoms with Crippen molar-refractivity contribution in [2.75, 3.05) is 18.4 Å². The summed E-state index contributed by atoms with van der Waals surface area (Å²) in [5.74, 6) is -0.437. The van der Waals surface area contributed by atoms with E-state index in [0.717, 1.165) is 35.8 Å². The van der Waals surface area contributed by atoms with E-state index in [0.29, 0.717) is 36.8 Å². The molecule has 14 heteroatoms. The van der Waals surface area contributed by atoms with Gasteiger partial charge < -0.3 is 14.7 Å². The molecule has 3 heterocycles. The molecule has 10 nitrogen and oxygen atoms in total. The molecule has 3 aromatic rings. The Kier molecular flexibility index (Phi) is 11.5. The van der Waals surface area contributed by atoms with E-state index in [1.54, 1.807) is 11.1 Å². The van der Waals surface area contributed by atoms with E-state index in [2.05, 4.69) is 25.3 Å². The first-order valence-electron chi connectivity index (χ1n) is 13.9. The first kappa shape index (κ1) is 33.8. The van der Waals surface area contributed by atoms with Gasteiger partial charge in [0.1, 0.15) is 5.60 Å². The number of alkyl halides is 3. The van der Waals surface area contributed by atoms with E-state index < -0.39 is 23.3 Å². The molecule has 0 atom stereocenters. The van der Waals surface area contributed by atoms with Gasteiger partial charge >= 0.3 is 163 Å². The van der Waals surface area contributed by atoms with Crippen molar-refractivity contribution in [3.63, 3.8) is 0 Å². The van der Waals surface area contributed by atoms with Crippen molar-refractivity contribution in [1.29, 1.82) is 0 Å². The number of aliphatic carboxylic acids is 1. The van der Waals surface area contributed by atoms with Crippen LogP contribution in [0.5, 0.6) is 0 Å². The van der Waals surface area contributed by atoms with Gasteiger partial charge in [-0.05, 0) is 39.5 Å². The number of nitrogens with one attached hydrogen (secondary N) is 1. The zero-order valence-corrected chi connectivity index (χ0v) is 24.9. The van der Waals surface area contributed by atoms with Gasteiger partial charge in [-0.1, -0.05) is 0 Å². The maximum atomic E-state index is 13.6. The van der Waals surface area contributed by atoms with Crippen LogP contribution in [0.3, 0.4) is 0 Å². The van der Waals surface area contributed by atoms with Crippen molar-refractivity contribution in [3.8, 4) is 0 Å². The number of aryl methyl sites for hydroxylation is 2. The molecule has 1 fully saturated rings. The number of rotatable bonds is 6. The number of carbonyl (C=O) groups is 2. The van der Waals surface area contributed by atoms with Gasteiger partial charge in [-0.25, -0.2) is 4.79 Å². The predicted molar refractivity (Wildman–Crippen MR) is 155 cm³/mol. The number of ether oxygens (including phenoxy) is 1. The number of halogens is 3. The number of carbonyl (C=O) groups excluding carboxylic acids is 1. The van der Waals surface area contributed by atoms with Gasteiger partial charge in [-0.3, -0.25) is 4.79 Å². The van der Waals surface area contributed by atoms with Crippen LogP contribution in [-0.2, 0) is 28.5 Å². The van der Waals surface area contributed by atoms with E-state index in [4.69, 9.17) is 14.6 Å². The molecular formula is C29H34F3LiN6O4. The summed E-state index contributed by atoms with van der Waals surface area (Å²) in [6.07, 6.45) is 0.997. The molecule has 226 valence electrons. The van der Waals surface area contributed by atoms with Crippen LogP contribution in [0.1, 0.15) is 69.0 Å². The van der Waals surface area contributed by atoms with Crippen molar-refractivity contribution in [3.05, 3.63) is 65.5 Å². The molecule has 0 saturated carbocycles. The minimum absolute atomic E-state index is 0.0603. The second kappa shape index (κ2) is 14.7. The Morgan fingerprint density at radius 3 is 2.21 bits per heavy atom. The van der Waals surface area contributed by atoms with Crippen molar-refractivity contribution in [2.45, 2.75) is 71.1 Å². The van der Waals surface area contributed by atoms with Gasteiger partial charge in [0.2, 0.25) is 0 Å². The number of piperidine rings is 1. The Balaban J connectivity index is 0.00000119. The van der Waals surface area contributed by atoms with Crippen LogP contribution in [-0.4, -0.2) is 78.4 Å². The third-order valence-electron chi connectivity index (χ3n) is 6.56. The summed E-state index contributed by atoms with van der Waals surface area (Å²) in [4.78, 5) is 39.3. The van der Waals surface area contributed by atoms with Gasteiger partial charge in [0.25, 0.3) is 5.97 Å². The minimum atomic E-state index is -4.56. The molecule has 1 saturated heterocycles. The average Bonchev–Trinajstić information content (AvgIpc) is 2.91. The van der Waals surface area contributed by atoms with Crippen LogP contribution in [0.15, 0.2) is 43.0 Å². The summed E-state index contributed by atoms with van der Waals surface area (Å²) in [6.45, 7) is 7.88. The first-order chi connectivity index (χ1) is 20.1. The molecular weight excluding hydrogens is 560 g/mol. The Hall–Kier alpha value is -3.69. The zero-order chi connectivity index (χ0) is 31.8. The maximum absolute atomic E-state index is 13.6. The molecule has 1 aliphatic rings. The van der Waals surface area contributed by atoms with E-state index in [9.17, 15) is 18.0 Å². The summed E-state index contributed by atoms with van der Waals surface area (Å²) in [5, 5.41) is 10.4. The normalized spacial score (nSPS) is 14.0. The molecule has 1 aromatic carbocycles. The fourth-order valence-electron chi connectivity index (χ4n) is 4.52. The Labute approximate surface area is 257 Å². The van der Waals surface area contributed by atoms with E-state index in [1.807, 2.05) is 62.8 Å². The summed E-state index contributed by atoms with van der Waals surface area (Å²) in [6, 6.07) is 7.69. The molecule has 0 spiro atoms. The molecule has 2 N–H and O–H groups in total. The van der Waals surface area contributed by atoms with Crippen LogP contribution in [0.4, 0.5) is 29.6 Å². The van der Waals surface area contributed by atoms with Crippen LogP contribution < -0.4 is 9.55 Å².